The Labute approximate surface area is 220 Å². The van der Waals surface area contributed by atoms with Crippen LogP contribution in [0.2, 0.25) is 5.02 Å². The topological polar surface area (TPSA) is 155 Å². The van der Waals surface area contributed by atoms with Gasteiger partial charge in [-0.05, 0) is 49.7 Å². The Balaban J connectivity index is 1.49. The van der Waals surface area contributed by atoms with Crippen LogP contribution < -0.4 is 26.4 Å². The molecule has 1 aromatic carbocycles. The molecule has 1 aromatic heterocycles. The van der Waals surface area contributed by atoms with E-state index >= 15 is 0 Å². The van der Waals surface area contributed by atoms with Crippen LogP contribution in [0, 0.1) is 11.3 Å². The summed E-state index contributed by atoms with van der Waals surface area (Å²) in [5.74, 6) is -1.73. The van der Waals surface area contributed by atoms with Gasteiger partial charge < -0.3 is 31.4 Å². The molecule has 1 spiro atoms. The third-order valence-electron chi connectivity index (χ3n) is 7.00. The molecule has 1 aliphatic carbocycles. The summed E-state index contributed by atoms with van der Waals surface area (Å²) in [5.41, 5.74) is 5.91. The number of ether oxygens (including phenoxy) is 1. The first-order valence-electron chi connectivity index (χ1n) is 12.4. The summed E-state index contributed by atoms with van der Waals surface area (Å²) in [6.07, 6.45) is 2.90. The fourth-order valence-corrected chi connectivity index (χ4v) is 5.19. The van der Waals surface area contributed by atoms with Gasteiger partial charge in [-0.15, -0.1) is 0 Å². The maximum absolute atomic E-state index is 13.3. The molecule has 10 nitrogen and oxygen atoms in total. The number of carbonyl (C=O) groups is 4. The van der Waals surface area contributed by atoms with Gasteiger partial charge in [0.15, 0.2) is 0 Å². The minimum atomic E-state index is -1.03. The zero-order chi connectivity index (χ0) is 27.1. The summed E-state index contributed by atoms with van der Waals surface area (Å²) >= 11 is 6.31. The van der Waals surface area contributed by atoms with E-state index in [9.17, 15) is 19.2 Å². The quantitative estimate of drug-likeness (QED) is 0.336. The molecule has 1 aliphatic heterocycles. The third-order valence-corrected chi connectivity index (χ3v) is 7.30. The van der Waals surface area contributed by atoms with E-state index in [1.54, 1.807) is 18.2 Å². The highest BCUT2D eigenvalue weighted by atomic mass is 35.5. The number of H-pyrrole nitrogens is 1. The number of aromatic amines is 1. The lowest BCUT2D eigenvalue weighted by Crippen LogP contribution is -2.54. The maximum atomic E-state index is 13.3. The molecule has 2 aromatic rings. The Morgan fingerprint density at radius 3 is 2.46 bits per heavy atom. The molecular weight excluding hydrogens is 498 g/mol. The van der Waals surface area contributed by atoms with Crippen molar-refractivity contribution in [1.29, 1.82) is 0 Å². The predicted octanol–water partition coefficient (Wildman–Crippen LogP) is 2.39. The maximum Gasteiger partial charge on any atom is 0.268 e. The first-order valence-corrected chi connectivity index (χ1v) is 12.8. The third kappa shape index (κ3) is 6.18. The number of carbonyl (C=O) groups excluding carboxylic acids is 4. The van der Waals surface area contributed by atoms with E-state index in [1.165, 1.54) is 7.11 Å². The van der Waals surface area contributed by atoms with Crippen molar-refractivity contribution in [1.82, 2.24) is 20.9 Å². The summed E-state index contributed by atoms with van der Waals surface area (Å²) in [5, 5.41) is 9.53. The molecule has 0 radical (unpaired) electrons. The fraction of sp³-hybridized carbons (Fsp3) is 0.538. The van der Waals surface area contributed by atoms with Crippen LogP contribution in [0.3, 0.4) is 0 Å². The number of fused-ring (bicyclic) bond motifs is 1. The van der Waals surface area contributed by atoms with Crippen molar-refractivity contribution in [2.75, 3.05) is 7.11 Å². The molecule has 2 unspecified atom stereocenters. The highest BCUT2D eigenvalue weighted by Gasteiger charge is 2.52. The molecule has 1 saturated heterocycles. The lowest BCUT2D eigenvalue weighted by molar-refractivity contribution is -0.130. The van der Waals surface area contributed by atoms with Crippen LogP contribution in [0.4, 0.5) is 0 Å². The lowest BCUT2D eigenvalue weighted by atomic mass is 9.87. The van der Waals surface area contributed by atoms with Crippen LogP contribution in [0.25, 0.3) is 10.9 Å². The van der Waals surface area contributed by atoms with E-state index in [2.05, 4.69) is 20.9 Å². The minimum Gasteiger partial charge on any atom is -0.497 e. The molecule has 2 aliphatic rings. The van der Waals surface area contributed by atoms with Gasteiger partial charge in [0.05, 0.1) is 17.6 Å². The standard InChI is InChI=1S/C26H34ClN5O5/c1-25(2,3)12-19(31-23(35)18-8-13-7-15(37-4)10-16(27)20(13)29-18)24(36)30-17(21(28)33)9-14-11-26(5-6-26)32-22(14)34/h7-8,10,14,17,19,29H,5-6,9,11-12H2,1-4H3,(H2,28,33)(H,30,36)(H,31,35)(H,32,34)/t14-,17?,19?/m1/s1. The molecule has 6 N–H and O–H groups in total. The van der Waals surface area contributed by atoms with Crippen molar-refractivity contribution in [2.45, 2.75) is 70.5 Å². The second-order valence-corrected chi connectivity index (χ2v) is 11.8. The second kappa shape index (κ2) is 9.89. The van der Waals surface area contributed by atoms with Gasteiger partial charge in [-0.3, -0.25) is 19.2 Å². The number of amides is 4. The average Bonchev–Trinajstić information content (AvgIpc) is 3.27. The number of hydrogen-bond donors (Lipinski definition) is 5. The van der Waals surface area contributed by atoms with Crippen molar-refractivity contribution in [3.63, 3.8) is 0 Å². The minimum absolute atomic E-state index is 0.118. The summed E-state index contributed by atoms with van der Waals surface area (Å²) in [4.78, 5) is 54.1. The van der Waals surface area contributed by atoms with Gasteiger partial charge in [0.1, 0.15) is 23.5 Å². The van der Waals surface area contributed by atoms with Gasteiger partial charge in [-0.1, -0.05) is 32.4 Å². The van der Waals surface area contributed by atoms with Gasteiger partial charge in [0.2, 0.25) is 17.7 Å². The molecule has 2 fully saturated rings. The number of nitrogens with two attached hydrogens (primary N) is 1. The Kier molecular flexibility index (Phi) is 7.16. The fourth-order valence-electron chi connectivity index (χ4n) is 4.92. The zero-order valence-corrected chi connectivity index (χ0v) is 22.3. The molecule has 200 valence electrons. The lowest BCUT2D eigenvalue weighted by Gasteiger charge is -2.28. The van der Waals surface area contributed by atoms with Crippen molar-refractivity contribution in [3.8, 4) is 5.75 Å². The van der Waals surface area contributed by atoms with Crippen molar-refractivity contribution in [3.05, 3.63) is 28.9 Å². The largest absolute Gasteiger partial charge is 0.497 e. The molecule has 37 heavy (non-hydrogen) atoms. The number of halogens is 1. The Morgan fingerprint density at radius 1 is 1.19 bits per heavy atom. The van der Waals surface area contributed by atoms with Crippen molar-refractivity contribution < 1.29 is 23.9 Å². The van der Waals surface area contributed by atoms with E-state index in [0.29, 0.717) is 34.5 Å². The van der Waals surface area contributed by atoms with E-state index in [0.717, 1.165) is 12.8 Å². The monoisotopic (exact) mass is 531 g/mol. The Hall–Kier alpha value is -3.27. The van der Waals surface area contributed by atoms with Gasteiger partial charge in [-0.2, -0.15) is 0 Å². The molecule has 3 atom stereocenters. The van der Waals surface area contributed by atoms with Crippen molar-refractivity contribution in [2.24, 2.45) is 17.1 Å². The van der Waals surface area contributed by atoms with Gasteiger partial charge in [-0.25, -0.2) is 0 Å². The van der Waals surface area contributed by atoms with Crippen LogP contribution in [0.15, 0.2) is 18.2 Å². The van der Waals surface area contributed by atoms with E-state index < -0.39 is 35.7 Å². The molecule has 4 amide bonds. The highest BCUT2D eigenvalue weighted by Crippen LogP contribution is 2.46. The first kappa shape index (κ1) is 26.8. The van der Waals surface area contributed by atoms with Crippen molar-refractivity contribution >= 4 is 46.1 Å². The number of rotatable bonds is 9. The van der Waals surface area contributed by atoms with Crippen LogP contribution in [-0.2, 0) is 14.4 Å². The first-order chi connectivity index (χ1) is 17.3. The number of methoxy groups -OCH3 is 1. The van der Waals surface area contributed by atoms with Gasteiger partial charge in [0, 0.05) is 22.9 Å². The van der Waals surface area contributed by atoms with Gasteiger partial charge in [0.25, 0.3) is 5.91 Å². The number of primary amides is 1. The molecular formula is C26H34ClN5O5. The van der Waals surface area contributed by atoms with Crippen LogP contribution in [-0.4, -0.2) is 53.3 Å². The van der Waals surface area contributed by atoms with E-state index in [4.69, 9.17) is 22.1 Å². The average molecular weight is 532 g/mol. The van der Waals surface area contributed by atoms with Gasteiger partial charge >= 0.3 is 0 Å². The highest BCUT2D eigenvalue weighted by molar-refractivity contribution is 6.35. The van der Waals surface area contributed by atoms with Crippen LogP contribution >= 0.6 is 11.6 Å². The number of benzene rings is 1. The predicted molar refractivity (Wildman–Crippen MR) is 139 cm³/mol. The summed E-state index contributed by atoms with van der Waals surface area (Å²) in [7, 11) is 1.52. The van der Waals surface area contributed by atoms with Crippen LogP contribution in [0.5, 0.6) is 5.75 Å². The Morgan fingerprint density at radius 2 is 1.89 bits per heavy atom. The molecule has 1 saturated carbocycles. The second-order valence-electron chi connectivity index (χ2n) is 11.4. The Bertz CT molecular complexity index is 1250. The van der Waals surface area contributed by atoms with Crippen LogP contribution in [0.1, 0.15) is 63.4 Å². The molecule has 11 heteroatoms. The number of hydrogen-bond acceptors (Lipinski definition) is 5. The summed E-state index contributed by atoms with van der Waals surface area (Å²) in [6.45, 7) is 5.83. The smallest absolute Gasteiger partial charge is 0.268 e. The van der Waals surface area contributed by atoms with E-state index in [-0.39, 0.29) is 29.0 Å². The molecule has 2 heterocycles. The molecule has 4 rings (SSSR count). The number of aromatic nitrogens is 1. The van der Waals surface area contributed by atoms with E-state index in [1.807, 2.05) is 20.8 Å². The normalized spacial score (nSPS) is 19.8. The summed E-state index contributed by atoms with van der Waals surface area (Å²) in [6, 6.07) is 3.03. The zero-order valence-electron chi connectivity index (χ0n) is 21.5. The summed E-state index contributed by atoms with van der Waals surface area (Å²) < 4.78 is 5.23. The molecule has 0 bridgehead atoms. The number of nitrogens with one attached hydrogen (secondary N) is 4. The SMILES string of the molecule is COc1cc(Cl)c2[nH]c(C(=O)NC(CC(C)(C)C)C(=O)NC(C[C@@H]3CC4(CC4)NC3=O)C(N)=O)cc2c1.